The SMILES string of the molecule is CCCN(C1CCNCC1)S(=O)(=O)CCOC. The van der Waals surface area contributed by atoms with Gasteiger partial charge in [-0.05, 0) is 32.4 Å². The van der Waals surface area contributed by atoms with E-state index < -0.39 is 10.0 Å². The van der Waals surface area contributed by atoms with Crippen molar-refractivity contribution in [3.8, 4) is 0 Å². The van der Waals surface area contributed by atoms with E-state index in [1.54, 1.807) is 4.31 Å². The van der Waals surface area contributed by atoms with Gasteiger partial charge in [-0.2, -0.15) is 4.31 Å². The highest BCUT2D eigenvalue weighted by molar-refractivity contribution is 7.89. The molecule has 0 unspecified atom stereocenters. The van der Waals surface area contributed by atoms with Gasteiger partial charge in [0.15, 0.2) is 0 Å². The molecule has 0 atom stereocenters. The molecule has 0 amide bonds. The number of hydrogen-bond acceptors (Lipinski definition) is 4. The summed E-state index contributed by atoms with van der Waals surface area (Å²) in [5.74, 6) is 0.0907. The number of piperidine rings is 1. The zero-order valence-corrected chi connectivity index (χ0v) is 11.6. The summed E-state index contributed by atoms with van der Waals surface area (Å²) in [5.41, 5.74) is 0. The molecule has 1 rings (SSSR count). The van der Waals surface area contributed by atoms with Crippen LogP contribution in [-0.2, 0) is 14.8 Å². The van der Waals surface area contributed by atoms with Gasteiger partial charge in [-0.3, -0.25) is 0 Å². The van der Waals surface area contributed by atoms with E-state index >= 15 is 0 Å². The Labute approximate surface area is 105 Å². The van der Waals surface area contributed by atoms with Crippen molar-refractivity contribution in [1.29, 1.82) is 0 Å². The molecule has 0 spiro atoms. The molecule has 17 heavy (non-hydrogen) atoms. The molecule has 0 radical (unpaired) electrons. The predicted octanol–water partition coefficient (Wildman–Crippen LogP) is 0.427. The lowest BCUT2D eigenvalue weighted by Gasteiger charge is -2.33. The fourth-order valence-corrected chi connectivity index (χ4v) is 3.91. The predicted molar refractivity (Wildman–Crippen MR) is 68.6 cm³/mol. The van der Waals surface area contributed by atoms with Gasteiger partial charge in [0.1, 0.15) is 0 Å². The fourth-order valence-electron chi connectivity index (χ4n) is 2.17. The largest absolute Gasteiger partial charge is 0.384 e. The first-order chi connectivity index (χ1) is 8.11. The van der Waals surface area contributed by atoms with E-state index in [4.69, 9.17) is 4.74 Å². The Balaban J connectivity index is 2.68. The fraction of sp³-hybridized carbons (Fsp3) is 1.00. The van der Waals surface area contributed by atoms with Crippen LogP contribution in [0.1, 0.15) is 26.2 Å². The lowest BCUT2D eigenvalue weighted by Crippen LogP contribution is -2.47. The number of hydrogen-bond donors (Lipinski definition) is 1. The van der Waals surface area contributed by atoms with Gasteiger partial charge in [0, 0.05) is 19.7 Å². The van der Waals surface area contributed by atoms with Crippen LogP contribution in [0.3, 0.4) is 0 Å². The highest BCUT2D eigenvalue weighted by Crippen LogP contribution is 2.17. The van der Waals surface area contributed by atoms with Gasteiger partial charge in [0.2, 0.25) is 10.0 Å². The summed E-state index contributed by atoms with van der Waals surface area (Å²) < 4.78 is 31.0. The van der Waals surface area contributed by atoms with E-state index in [1.165, 1.54) is 7.11 Å². The lowest BCUT2D eigenvalue weighted by atomic mass is 10.1. The lowest BCUT2D eigenvalue weighted by molar-refractivity contribution is 0.211. The van der Waals surface area contributed by atoms with Crippen LogP contribution in [0.2, 0.25) is 0 Å². The van der Waals surface area contributed by atoms with E-state index in [0.29, 0.717) is 6.54 Å². The third kappa shape index (κ3) is 4.54. The number of rotatable bonds is 7. The van der Waals surface area contributed by atoms with Crippen molar-refractivity contribution in [2.75, 3.05) is 39.1 Å². The topological polar surface area (TPSA) is 58.6 Å². The van der Waals surface area contributed by atoms with Crippen LogP contribution >= 0.6 is 0 Å². The molecule has 0 saturated carbocycles. The smallest absolute Gasteiger partial charge is 0.216 e. The Morgan fingerprint density at radius 1 is 1.35 bits per heavy atom. The summed E-state index contributed by atoms with van der Waals surface area (Å²) in [6.07, 6.45) is 2.68. The van der Waals surface area contributed by atoms with Crippen molar-refractivity contribution >= 4 is 10.0 Å². The summed E-state index contributed by atoms with van der Waals surface area (Å²) in [7, 11) is -1.63. The normalized spacial score (nSPS) is 18.8. The van der Waals surface area contributed by atoms with Crippen molar-refractivity contribution in [3.05, 3.63) is 0 Å². The van der Waals surface area contributed by atoms with Crippen molar-refractivity contribution in [1.82, 2.24) is 9.62 Å². The Kier molecular flexibility index (Phi) is 6.40. The van der Waals surface area contributed by atoms with E-state index in [9.17, 15) is 8.42 Å². The van der Waals surface area contributed by atoms with Gasteiger partial charge in [-0.1, -0.05) is 6.92 Å². The van der Waals surface area contributed by atoms with E-state index in [1.807, 2.05) is 6.92 Å². The molecule has 102 valence electrons. The molecule has 6 heteroatoms. The summed E-state index contributed by atoms with van der Waals surface area (Å²) in [5, 5.41) is 3.26. The summed E-state index contributed by atoms with van der Waals surface area (Å²) >= 11 is 0. The van der Waals surface area contributed by atoms with Crippen LogP contribution < -0.4 is 5.32 Å². The quantitative estimate of drug-likeness (QED) is 0.724. The monoisotopic (exact) mass is 264 g/mol. The van der Waals surface area contributed by atoms with E-state index in [0.717, 1.165) is 32.4 Å². The van der Waals surface area contributed by atoms with Crippen molar-refractivity contribution in [2.45, 2.75) is 32.2 Å². The van der Waals surface area contributed by atoms with Crippen LogP contribution in [0, 0.1) is 0 Å². The molecule has 0 aromatic heterocycles. The molecule has 1 aliphatic rings. The van der Waals surface area contributed by atoms with Crippen LogP contribution in [0.5, 0.6) is 0 Å². The summed E-state index contributed by atoms with van der Waals surface area (Å²) in [6, 6.07) is 0.165. The first-order valence-electron chi connectivity index (χ1n) is 6.31. The van der Waals surface area contributed by atoms with Gasteiger partial charge in [-0.25, -0.2) is 8.42 Å². The van der Waals surface area contributed by atoms with Gasteiger partial charge in [0.25, 0.3) is 0 Å². The maximum absolute atomic E-state index is 12.2. The average molecular weight is 264 g/mol. The van der Waals surface area contributed by atoms with Gasteiger partial charge >= 0.3 is 0 Å². The van der Waals surface area contributed by atoms with Crippen LogP contribution in [0.4, 0.5) is 0 Å². The van der Waals surface area contributed by atoms with E-state index in [-0.39, 0.29) is 18.4 Å². The molecule has 0 aromatic rings. The Morgan fingerprint density at radius 2 is 2.00 bits per heavy atom. The number of sulfonamides is 1. The van der Waals surface area contributed by atoms with Gasteiger partial charge in [-0.15, -0.1) is 0 Å². The molecule has 1 N–H and O–H groups in total. The maximum atomic E-state index is 12.2. The summed E-state index contributed by atoms with van der Waals surface area (Å²) in [4.78, 5) is 0. The first-order valence-corrected chi connectivity index (χ1v) is 7.92. The third-order valence-electron chi connectivity index (χ3n) is 3.06. The minimum atomic E-state index is -3.17. The zero-order chi connectivity index (χ0) is 12.7. The maximum Gasteiger partial charge on any atom is 0.216 e. The number of nitrogens with one attached hydrogen (secondary N) is 1. The Morgan fingerprint density at radius 3 is 2.53 bits per heavy atom. The Hall–Kier alpha value is -0.170. The zero-order valence-electron chi connectivity index (χ0n) is 10.8. The first kappa shape index (κ1) is 14.9. The molecule has 5 nitrogen and oxygen atoms in total. The second-order valence-corrected chi connectivity index (χ2v) is 6.44. The molecule has 1 aliphatic heterocycles. The molecule has 1 heterocycles. The average Bonchev–Trinajstić information content (AvgIpc) is 2.34. The van der Waals surface area contributed by atoms with Crippen molar-refractivity contribution in [2.24, 2.45) is 0 Å². The van der Waals surface area contributed by atoms with E-state index in [2.05, 4.69) is 5.32 Å². The molecule has 0 bridgehead atoms. The molecule has 0 aliphatic carbocycles. The number of methoxy groups -OCH3 is 1. The minimum absolute atomic E-state index is 0.0907. The van der Waals surface area contributed by atoms with Crippen LogP contribution in [-0.4, -0.2) is 57.9 Å². The van der Waals surface area contributed by atoms with Crippen LogP contribution in [0.25, 0.3) is 0 Å². The minimum Gasteiger partial charge on any atom is -0.384 e. The van der Waals surface area contributed by atoms with Crippen molar-refractivity contribution < 1.29 is 13.2 Å². The Bertz CT molecular complexity index is 300. The molecule has 1 fully saturated rings. The molecule has 0 aromatic carbocycles. The second-order valence-electron chi connectivity index (χ2n) is 4.40. The number of ether oxygens (including phenoxy) is 1. The second kappa shape index (κ2) is 7.31. The van der Waals surface area contributed by atoms with Gasteiger partial charge < -0.3 is 10.1 Å². The highest BCUT2D eigenvalue weighted by atomic mass is 32.2. The third-order valence-corrected chi connectivity index (χ3v) is 4.94. The van der Waals surface area contributed by atoms with Crippen molar-refractivity contribution in [3.63, 3.8) is 0 Å². The van der Waals surface area contributed by atoms with Crippen LogP contribution in [0.15, 0.2) is 0 Å². The molecular formula is C11H24N2O3S. The molecular weight excluding hydrogens is 240 g/mol. The summed E-state index contributed by atoms with van der Waals surface area (Å²) in [6.45, 7) is 4.72. The highest BCUT2D eigenvalue weighted by Gasteiger charge is 2.29. The standard InChI is InChI=1S/C11H24N2O3S/c1-3-8-13(11-4-6-12-7-5-11)17(14,15)10-9-16-2/h11-12H,3-10H2,1-2H3. The van der Waals surface area contributed by atoms with Gasteiger partial charge in [0.05, 0.1) is 12.4 Å². The number of nitrogens with zero attached hydrogens (tertiary/aromatic N) is 1. The molecule has 1 saturated heterocycles.